The lowest BCUT2D eigenvalue weighted by Gasteiger charge is -2.24. The van der Waals surface area contributed by atoms with E-state index in [1.165, 1.54) is 16.8 Å². The van der Waals surface area contributed by atoms with Crippen LogP contribution in [-0.2, 0) is 6.04 Å². The fourth-order valence-corrected chi connectivity index (χ4v) is 4.05. The number of hydrogen-bond donors (Lipinski definition) is 0. The summed E-state index contributed by atoms with van der Waals surface area (Å²) in [5, 5.41) is 1.35. The topological polar surface area (TPSA) is 0 Å². The van der Waals surface area contributed by atoms with E-state index < -0.39 is 8.07 Å². The average molecular weight is 273 g/mol. The van der Waals surface area contributed by atoms with Crippen LogP contribution in [0.5, 0.6) is 0 Å². The van der Waals surface area contributed by atoms with E-state index in [1.54, 1.807) is 0 Å². The summed E-state index contributed by atoms with van der Waals surface area (Å²) in [6.45, 7) is 15.9. The van der Waals surface area contributed by atoms with Gasteiger partial charge in [-0.15, -0.1) is 0 Å². The van der Waals surface area contributed by atoms with Crippen molar-refractivity contribution in [3.05, 3.63) is 59.8 Å². The van der Waals surface area contributed by atoms with Crippen LogP contribution in [0.15, 0.2) is 54.3 Å². The molecule has 0 aliphatic carbocycles. The van der Waals surface area contributed by atoms with Gasteiger partial charge in [-0.1, -0.05) is 93.7 Å². The molecular weight excluding hydrogens is 244 g/mol. The van der Waals surface area contributed by atoms with E-state index in [9.17, 15) is 0 Å². The molecule has 0 nitrogen and oxygen atoms in total. The number of rotatable bonds is 5. The summed E-state index contributed by atoms with van der Waals surface area (Å²) in [6, 6.07) is 11.9. The number of allylic oxidation sites excluding steroid dienone is 3. The lowest BCUT2D eigenvalue weighted by molar-refractivity contribution is 0.420. The van der Waals surface area contributed by atoms with Crippen LogP contribution < -0.4 is 0 Å². The molecule has 1 aromatic carbocycles. The van der Waals surface area contributed by atoms with Crippen LogP contribution in [0.25, 0.3) is 0 Å². The molecule has 0 N–H and O–H groups in total. The summed E-state index contributed by atoms with van der Waals surface area (Å²) < 4.78 is 0. The Bertz CT molecular complexity index is 433. The minimum absolute atomic E-state index is 0.363. The summed E-state index contributed by atoms with van der Waals surface area (Å²) in [6.07, 6.45) is 5.67. The van der Waals surface area contributed by atoms with E-state index in [2.05, 4.69) is 82.9 Å². The monoisotopic (exact) mass is 272 g/mol. The van der Waals surface area contributed by atoms with Crippen LogP contribution in [-0.4, -0.2) is 8.07 Å². The molecule has 0 atom stereocenters. The van der Waals surface area contributed by atoms with E-state index >= 15 is 0 Å². The second-order valence-corrected chi connectivity index (χ2v) is 12.0. The Morgan fingerprint density at radius 3 is 2.26 bits per heavy atom. The Labute approximate surface area is 120 Å². The van der Waals surface area contributed by atoms with Gasteiger partial charge in [-0.25, -0.2) is 0 Å². The molecule has 1 rings (SSSR count). The predicted octanol–water partition coefficient (Wildman–Crippen LogP) is 5.56. The highest BCUT2D eigenvalue weighted by atomic mass is 28.3. The Hall–Kier alpha value is -1.08. The largest absolute Gasteiger partial charge is 0.0998 e. The van der Waals surface area contributed by atoms with Gasteiger partial charge < -0.3 is 0 Å². The van der Waals surface area contributed by atoms with Crippen LogP contribution in [0.2, 0.25) is 13.1 Å². The van der Waals surface area contributed by atoms with Gasteiger partial charge in [0.05, 0.1) is 8.07 Å². The fraction of sp³-hybridized carbons (Fsp3) is 0.444. The summed E-state index contributed by atoms with van der Waals surface area (Å²) in [7, 11) is -1.43. The molecule has 0 aliphatic heterocycles. The number of benzene rings is 1. The van der Waals surface area contributed by atoms with Crippen LogP contribution in [0.1, 0.15) is 32.8 Å². The van der Waals surface area contributed by atoms with E-state index in [4.69, 9.17) is 0 Å². The Balaban J connectivity index is 2.64. The molecule has 0 heterocycles. The maximum absolute atomic E-state index is 4.32. The van der Waals surface area contributed by atoms with Gasteiger partial charge in [-0.05, 0) is 17.9 Å². The van der Waals surface area contributed by atoms with Gasteiger partial charge in [-0.2, -0.15) is 0 Å². The van der Waals surface area contributed by atoms with E-state index in [0.29, 0.717) is 5.41 Å². The normalized spacial score (nSPS) is 12.9. The highest BCUT2D eigenvalue weighted by Crippen LogP contribution is 2.23. The molecule has 0 saturated carbocycles. The van der Waals surface area contributed by atoms with Crippen molar-refractivity contribution < 1.29 is 0 Å². The molecule has 0 amide bonds. The standard InChI is InChI=1S/C18H28Si/c1-16(11-10-14-18(2,3)4)19(5,6)15-17-12-8-7-9-13-17/h7-13H,1,14-15H2,2-6H3/b11-10+. The maximum atomic E-state index is 4.32. The Morgan fingerprint density at radius 1 is 1.16 bits per heavy atom. The highest BCUT2D eigenvalue weighted by molar-refractivity contribution is 6.84. The van der Waals surface area contributed by atoms with Gasteiger partial charge in [0.1, 0.15) is 0 Å². The molecule has 19 heavy (non-hydrogen) atoms. The third-order valence-electron chi connectivity index (χ3n) is 3.41. The fourth-order valence-electron chi connectivity index (χ4n) is 2.00. The SMILES string of the molecule is C=C(/C=C/CC(C)(C)C)[Si](C)(C)Cc1ccccc1. The van der Waals surface area contributed by atoms with Crippen LogP contribution in [0.3, 0.4) is 0 Å². The third-order valence-corrected chi connectivity index (χ3v) is 6.60. The molecule has 0 unspecified atom stereocenters. The van der Waals surface area contributed by atoms with Crippen LogP contribution in [0.4, 0.5) is 0 Å². The molecule has 0 radical (unpaired) electrons. The second kappa shape index (κ2) is 6.38. The van der Waals surface area contributed by atoms with Crippen LogP contribution >= 0.6 is 0 Å². The van der Waals surface area contributed by atoms with E-state index in [-0.39, 0.29) is 0 Å². The van der Waals surface area contributed by atoms with Crippen molar-refractivity contribution in [2.45, 2.75) is 46.3 Å². The van der Waals surface area contributed by atoms with Gasteiger partial charge in [-0.3, -0.25) is 0 Å². The first-order valence-corrected chi connectivity index (χ1v) is 10.3. The van der Waals surface area contributed by atoms with E-state index in [0.717, 1.165) is 6.42 Å². The zero-order valence-electron chi connectivity index (χ0n) is 13.2. The minimum Gasteiger partial charge on any atom is -0.0998 e. The lowest BCUT2D eigenvalue weighted by atomic mass is 9.92. The lowest BCUT2D eigenvalue weighted by Crippen LogP contribution is -2.31. The highest BCUT2D eigenvalue weighted by Gasteiger charge is 2.23. The summed E-state index contributed by atoms with van der Waals surface area (Å²) in [5.74, 6) is 0. The van der Waals surface area contributed by atoms with Gasteiger partial charge in [0.25, 0.3) is 0 Å². The first-order chi connectivity index (χ1) is 8.71. The molecule has 0 spiro atoms. The Kier molecular flexibility index (Phi) is 5.36. The van der Waals surface area contributed by atoms with Gasteiger partial charge in [0, 0.05) is 0 Å². The zero-order chi connectivity index (χ0) is 14.5. The molecule has 0 aromatic heterocycles. The van der Waals surface area contributed by atoms with Crippen molar-refractivity contribution in [3.63, 3.8) is 0 Å². The van der Waals surface area contributed by atoms with Crippen molar-refractivity contribution in [3.8, 4) is 0 Å². The second-order valence-electron chi connectivity index (χ2n) is 7.24. The van der Waals surface area contributed by atoms with Crippen molar-refractivity contribution >= 4 is 8.07 Å². The molecule has 1 heteroatoms. The molecule has 104 valence electrons. The minimum atomic E-state index is -1.43. The van der Waals surface area contributed by atoms with Crippen molar-refractivity contribution in [1.82, 2.24) is 0 Å². The van der Waals surface area contributed by atoms with Gasteiger partial charge in [0.15, 0.2) is 0 Å². The predicted molar refractivity (Wildman–Crippen MR) is 90.0 cm³/mol. The smallest absolute Gasteiger partial charge is 0.0841 e. The summed E-state index contributed by atoms with van der Waals surface area (Å²) >= 11 is 0. The molecule has 0 bridgehead atoms. The van der Waals surface area contributed by atoms with Crippen molar-refractivity contribution in [2.75, 3.05) is 0 Å². The Morgan fingerprint density at radius 2 is 1.74 bits per heavy atom. The van der Waals surface area contributed by atoms with Crippen LogP contribution in [0, 0.1) is 5.41 Å². The number of hydrogen-bond acceptors (Lipinski definition) is 0. The average Bonchev–Trinajstić information content (AvgIpc) is 2.27. The van der Waals surface area contributed by atoms with Crippen molar-refractivity contribution in [2.24, 2.45) is 5.41 Å². The first kappa shape index (κ1) is 16.0. The quantitative estimate of drug-likeness (QED) is 0.486. The summed E-state index contributed by atoms with van der Waals surface area (Å²) in [5.41, 5.74) is 1.80. The molecule has 1 aromatic rings. The first-order valence-electron chi connectivity index (χ1n) is 7.11. The van der Waals surface area contributed by atoms with Gasteiger partial charge >= 0.3 is 0 Å². The maximum Gasteiger partial charge on any atom is 0.0841 e. The molecule has 0 aliphatic rings. The molecular formula is C18H28Si. The molecule has 0 saturated heterocycles. The van der Waals surface area contributed by atoms with Gasteiger partial charge in [0.2, 0.25) is 0 Å². The van der Waals surface area contributed by atoms with Crippen molar-refractivity contribution in [1.29, 1.82) is 0 Å². The summed E-state index contributed by atoms with van der Waals surface area (Å²) in [4.78, 5) is 0. The zero-order valence-corrected chi connectivity index (χ0v) is 14.2. The van der Waals surface area contributed by atoms with E-state index in [1.807, 2.05) is 0 Å². The third kappa shape index (κ3) is 6.06. The molecule has 0 fully saturated rings.